The molecule has 0 aliphatic carbocycles. The molecule has 0 amide bonds. The number of benzene rings is 1. The van der Waals surface area contributed by atoms with E-state index in [2.05, 4.69) is 19.7 Å². The van der Waals surface area contributed by atoms with Crippen LogP contribution in [0.3, 0.4) is 0 Å². The fourth-order valence-corrected chi connectivity index (χ4v) is 4.60. The molecule has 0 N–H and O–H groups in total. The minimum Gasteiger partial charge on any atom is -0.0955 e. The molecule has 0 heterocycles. The van der Waals surface area contributed by atoms with Crippen LogP contribution in [-0.4, -0.2) is 0 Å². The predicted molar refractivity (Wildman–Crippen MR) is 89.6 cm³/mol. The summed E-state index contributed by atoms with van der Waals surface area (Å²) in [6, 6.07) is 0. The van der Waals surface area contributed by atoms with Crippen molar-refractivity contribution < 1.29 is 0 Å². The van der Waals surface area contributed by atoms with Crippen molar-refractivity contribution in [2.45, 2.75) is 14.7 Å². The normalized spacial score (nSPS) is 10.2. The van der Waals surface area contributed by atoms with Gasteiger partial charge in [-0.3, -0.25) is 0 Å². The molecule has 96 valence electrons. The molecule has 1 rings (SSSR count). The summed E-state index contributed by atoms with van der Waals surface area (Å²) in [7, 11) is 0. The molecular formula is C12H9Cl3S3. The van der Waals surface area contributed by atoms with Crippen molar-refractivity contribution in [3.8, 4) is 0 Å². The highest BCUT2D eigenvalue weighted by Gasteiger charge is 2.20. The number of hydrogen-bond donors (Lipinski definition) is 0. The zero-order chi connectivity index (χ0) is 13.7. The molecule has 0 fully saturated rings. The SMILES string of the molecule is C=CSc1c(Cl)c(SC=C)c(Cl)c(SC=C)c1Cl. The van der Waals surface area contributed by atoms with Gasteiger partial charge in [0.05, 0.1) is 29.8 Å². The summed E-state index contributed by atoms with van der Waals surface area (Å²) in [5.74, 6) is 0. The van der Waals surface area contributed by atoms with Gasteiger partial charge in [-0.25, -0.2) is 0 Å². The highest BCUT2D eigenvalue weighted by atomic mass is 35.5. The minimum absolute atomic E-state index is 0.521. The lowest BCUT2D eigenvalue weighted by Crippen LogP contribution is -1.87. The van der Waals surface area contributed by atoms with Crippen molar-refractivity contribution in [1.29, 1.82) is 0 Å². The largest absolute Gasteiger partial charge is 0.0955 e. The number of halogens is 3. The molecule has 0 atom stereocenters. The van der Waals surface area contributed by atoms with Gasteiger partial charge < -0.3 is 0 Å². The Morgan fingerprint density at radius 2 is 0.833 bits per heavy atom. The van der Waals surface area contributed by atoms with E-state index in [0.717, 1.165) is 14.7 Å². The first kappa shape index (κ1) is 16.4. The smallest absolute Gasteiger partial charge is 0.0715 e. The Balaban J connectivity index is 3.56. The van der Waals surface area contributed by atoms with Gasteiger partial charge in [-0.1, -0.05) is 89.8 Å². The second kappa shape index (κ2) is 7.83. The molecular weight excluding hydrogens is 347 g/mol. The summed E-state index contributed by atoms with van der Waals surface area (Å²) in [5, 5.41) is 6.58. The lowest BCUT2D eigenvalue weighted by Gasteiger charge is -2.14. The van der Waals surface area contributed by atoms with Crippen molar-refractivity contribution >= 4 is 70.1 Å². The standard InChI is InChI=1S/C12H9Cl3S3/c1-4-16-10-7(13)11(17-5-2)9(15)12(8(10)14)18-6-3/h4-6H,1-3H2. The first-order valence-electron chi connectivity index (χ1n) is 4.61. The number of rotatable bonds is 6. The van der Waals surface area contributed by atoms with Crippen LogP contribution >= 0.6 is 70.1 Å². The molecule has 1 aromatic carbocycles. The van der Waals surface area contributed by atoms with E-state index in [4.69, 9.17) is 34.8 Å². The van der Waals surface area contributed by atoms with Crippen LogP contribution in [-0.2, 0) is 0 Å². The van der Waals surface area contributed by atoms with Crippen molar-refractivity contribution in [2.75, 3.05) is 0 Å². The van der Waals surface area contributed by atoms with Gasteiger partial charge in [0.15, 0.2) is 0 Å². The molecule has 0 aromatic heterocycles. The number of thioether (sulfide) groups is 3. The monoisotopic (exact) mass is 354 g/mol. The summed E-state index contributed by atoms with van der Waals surface area (Å²) in [6.07, 6.45) is 0. The molecule has 0 bridgehead atoms. The van der Waals surface area contributed by atoms with Gasteiger partial charge in [0.1, 0.15) is 0 Å². The van der Waals surface area contributed by atoms with Gasteiger partial charge in [0.25, 0.3) is 0 Å². The third kappa shape index (κ3) is 3.47. The molecule has 0 aliphatic heterocycles. The maximum atomic E-state index is 6.31. The molecule has 0 saturated carbocycles. The Hall–Kier alpha value is 0.360. The van der Waals surface area contributed by atoms with Crippen LogP contribution in [0.15, 0.2) is 50.6 Å². The summed E-state index contributed by atoms with van der Waals surface area (Å²) >= 11 is 23.0. The quantitative estimate of drug-likeness (QED) is 0.489. The van der Waals surface area contributed by atoms with Crippen LogP contribution in [0.5, 0.6) is 0 Å². The highest BCUT2D eigenvalue weighted by Crippen LogP contribution is 2.50. The van der Waals surface area contributed by atoms with Gasteiger partial charge in [-0.15, -0.1) is 0 Å². The minimum atomic E-state index is 0.521. The van der Waals surface area contributed by atoms with Crippen LogP contribution in [0.2, 0.25) is 15.1 Å². The van der Waals surface area contributed by atoms with Crippen LogP contribution in [0.4, 0.5) is 0 Å². The average Bonchev–Trinajstić information content (AvgIpc) is 2.35. The summed E-state index contributed by atoms with van der Waals surface area (Å²) in [4.78, 5) is 2.23. The van der Waals surface area contributed by atoms with E-state index < -0.39 is 0 Å². The van der Waals surface area contributed by atoms with E-state index in [1.54, 1.807) is 16.2 Å². The maximum Gasteiger partial charge on any atom is 0.0715 e. The van der Waals surface area contributed by atoms with Gasteiger partial charge >= 0.3 is 0 Å². The lowest BCUT2D eigenvalue weighted by atomic mass is 10.3. The molecule has 6 heteroatoms. The van der Waals surface area contributed by atoms with Crippen LogP contribution < -0.4 is 0 Å². The van der Waals surface area contributed by atoms with E-state index in [1.165, 1.54) is 35.3 Å². The average molecular weight is 356 g/mol. The Kier molecular flexibility index (Phi) is 7.14. The van der Waals surface area contributed by atoms with Crippen molar-refractivity contribution in [3.05, 3.63) is 51.0 Å². The van der Waals surface area contributed by atoms with Crippen molar-refractivity contribution in [1.82, 2.24) is 0 Å². The zero-order valence-electron chi connectivity index (χ0n) is 9.21. The number of hydrogen-bond acceptors (Lipinski definition) is 3. The summed E-state index contributed by atoms with van der Waals surface area (Å²) in [6.45, 7) is 11.0. The topological polar surface area (TPSA) is 0 Å². The fraction of sp³-hybridized carbons (Fsp3) is 0. The molecule has 0 radical (unpaired) electrons. The summed E-state index contributed by atoms with van der Waals surface area (Å²) < 4.78 is 0. The maximum absolute atomic E-state index is 6.31. The third-order valence-electron chi connectivity index (χ3n) is 1.80. The van der Waals surface area contributed by atoms with Gasteiger partial charge in [-0.2, -0.15) is 0 Å². The van der Waals surface area contributed by atoms with E-state index >= 15 is 0 Å². The molecule has 1 aromatic rings. The van der Waals surface area contributed by atoms with Crippen molar-refractivity contribution in [3.63, 3.8) is 0 Å². The first-order valence-corrected chi connectivity index (χ1v) is 8.38. The van der Waals surface area contributed by atoms with Gasteiger partial charge in [0, 0.05) is 0 Å². The Labute approximate surface area is 135 Å². The first-order chi connectivity index (χ1) is 8.58. The third-order valence-corrected chi connectivity index (χ3v) is 6.04. The summed E-state index contributed by atoms with van der Waals surface area (Å²) in [5.41, 5.74) is 0. The molecule has 18 heavy (non-hydrogen) atoms. The van der Waals surface area contributed by atoms with E-state index in [1.807, 2.05) is 0 Å². The Morgan fingerprint density at radius 3 is 1.00 bits per heavy atom. The zero-order valence-corrected chi connectivity index (χ0v) is 13.9. The molecule has 0 nitrogen and oxygen atoms in total. The second-order valence-corrected chi connectivity index (χ2v) is 6.85. The van der Waals surface area contributed by atoms with Crippen molar-refractivity contribution in [2.24, 2.45) is 0 Å². The Morgan fingerprint density at radius 1 is 0.611 bits per heavy atom. The predicted octanol–water partition coefficient (Wildman–Crippen LogP) is 7.35. The molecule has 0 aliphatic rings. The molecule has 0 unspecified atom stereocenters. The van der Waals surface area contributed by atoms with Crippen LogP contribution in [0.25, 0.3) is 0 Å². The van der Waals surface area contributed by atoms with E-state index in [0.29, 0.717) is 15.1 Å². The van der Waals surface area contributed by atoms with Gasteiger partial charge in [-0.05, 0) is 16.2 Å². The lowest BCUT2D eigenvalue weighted by molar-refractivity contribution is 1.24. The van der Waals surface area contributed by atoms with Crippen LogP contribution in [0.1, 0.15) is 0 Å². The van der Waals surface area contributed by atoms with Crippen LogP contribution in [0, 0.1) is 0 Å². The molecule has 0 saturated heterocycles. The van der Waals surface area contributed by atoms with Gasteiger partial charge in [0.2, 0.25) is 0 Å². The second-order valence-electron chi connectivity index (χ2n) is 2.78. The fourth-order valence-electron chi connectivity index (χ4n) is 1.16. The molecule has 0 spiro atoms. The van der Waals surface area contributed by atoms with E-state index in [9.17, 15) is 0 Å². The Bertz CT molecular complexity index is 405. The highest BCUT2D eigenvalue weighted by molar-refractivity contribution is 8.04. The van der Waals surface area contributed by atoms with E-state index in [-0.39, 0.29) is 0 Å².